The van der Waals surface area contributed by atoms with Crippen molar-refractivity contribution >= 4 is 29.4 Å². The number of phenols is 1. The Hall–Kier alpha value is -3.30. The van der Waals surface area contributed by atoms with Gasteiger partial charge in [0.05, 0.1) is 5.02 Å². The molecule has 2 aromatic carbocycles. The molecular formula is C28H34ClN7O2. The number of anilines is 3. The third-order valence-electron chi connectivity index (χ3n) is 7.70. The van der Waals surface area contributed by atoms with E-state index in [0.717, 1.165) is 63.2 Å². The Bertz CT molecular complexity index is 1280. The highest BCUT2D eigenvalue weighted by Gasteiger charge is 2.45. The maximum absolute atomic E-state index is 9.54. The number of aromatic hydroxyl groups is 1. The number of fused-ring (bicyclic) bond motifs is 4. The summed E-state index contributed by atoms with van der Waals surface area (Å²) in [5.41, 5.74) is 2.03. The lowest BCUT2D eigenvalue weighted by Gasteiger charge is -2.47. The molecule has 1 aromatic heterocycles. The third-order valence-corrected chi connectivity index (χ3v) is 8.00. The first-order valence-electron chi connectivity index (χ1n) is 13.4. The zero-order chi connectivity index (χ0) is 26.1. The van der Waals surface area contributed by atoms with Gasteiger partial charge in [-0.2, -0.15) is 15.0 Å². The molecule has 1 saturated heterocycles. The topological polar surface area (TPSA) is 107 Å². The van der Waals surface area contributed by atoms with Crippen molar-refractivity contribution in [1.82, 2.24) is 20.3 Å². The summed E-state index contributed by atoms with van der Waals surface area (Å²) in [5.74, 6) is 3.31. The Morgan fingerprint density at radius 2 is 1.87 bits per heavy atom. The molecule has 0 radical (unpaired) electrons. The lowest BCUT2D eigenvalue weighted by atomic mass is 9.71. The van der Waals surface area contributed by atoms with Gasteiger partial charge in [-0.3, -0.25) is 0 Å². The van der Waals surface area contributed by atoms with Crippen molar-refractivity contribution in [1.29, 1.82) is 0 Å². The van der Waals surface area contributed by atoms with Gasteiger partial charge in [0, 0.05) is 45.2 Å². The second-order valence-electron chi connectivity index (χ2n) is 10.8. The maximum atomic E-state index is 9.54. The van der Waals surface area contributed by atoms with Crippen LogP contribution in [0.4, 0.5) is 17.8 Å². The summed E-state index contributed by atoms with van der Waals surface area (Å²) in [6.07, 6.45) is 3.57. The van der Waals surface area contributed by atoms with Gasteiger partial charge < -0.3 is 30.7 Å². The Kier molecular flexibility index (Phi) is 6.88. The first-order valence-corrected chi connectivity index (χ1v) is 13.8. The predicted octanol–water partition coefficient (Wildman–Crippen LogP) is 4.19. The number of para-hydroxylation sites is 1. The number of ether oxygens (including phenoxy) is 1. The van der Waals surface area contributed by atoms with Crippen molar-refractivity contribution in [2.24, 2.45) is 0 Å². The van der Waals surface area contributed by atoms with Gasteiger partial charge in [0.25, 0.3) is 0 Å². The quantitative estimate of drug-likeness (QED) is 0.354. The van der Waals surface area contributed by atoms with Gasteiger partial charge in [0.2, 0.25) is 17.8 Å². The van der Waals surface area contributed by atoms with Crippen LogP contribution in [0, 0.1) is 0 Å². The van der Waals surface area contributed by atoms with Gasteiger partial charge in [-0.05, 0) is 61.4 Å². The fourth-order valence-corrected chi connectivity index (χ4v) is 6.17. The zero-order valence-electron chi connectivity index (χ0n) is 21.6. The van der Waals surface area contributed by atoms with Crippen LogP contribution in [0.3, 0.4) is 0 Å². The largest absolute Gasteiger partial charge is 0.508 e. The summed E-state index contributed by atoms with van der Waals surface area (Å²) in [6.45, 7) is 6.36. The highest BCUT2D eigenvalue weighted by Crippen LogP contribution is 2.51. The Morgan fingerprint density at radius 1 is 1.08 bits per heavy atom. The van der Waals surface area contributed by atoms with E-state index < -0.39 is 0 Å². The van der Waals surface area contributed by atoms with E-state index in [1.807, 2.05) is 24.3 Å². The Balaban J connectivity index is 1.20. The van der Waals surface area contributed by atoms with Crippen LogP contribution in [0.25, 0.3) is 0 Å². The van der Waals surface area contributed by atoms with Crippen molar-refractivity contribution in [3.63, 3.8) is 0 Å². The number of hydrogen-bond donors (Lipinski definition) is 4. The molecule has 2 bridgehead atoms. The van der Waals surface area contributed by atoms with Crippen molar-refractivity contribution in [2.45, 2.75) is 50.2 Å². The second kappa shape index (κ2) is 10.5. The van der Waals surface area contributed by atoms with E-state index in [-0.39, 0.29) is 17.4 Å². The molecule has 9 nitrogen and oxygen atoms in total. The van der Waals surface area contributed by atoms with E-state index >= 15 is 0 Å². The van der Waals surface area contributed by atoms with Gasteiger partial charge >= 0.3 is 0 Å². The summed E-state index contributed by atoms with van der Waals surface area (Å²) < 4.78 is 6.47. The van der Waals surface area contributed by atoms with Crippen LogP contribution < -0.4 is 25.6 Å². The summed E-state index contributed by atoms with van der Waals surface area (Å²) in [7, 11) is 0. The van der Waals surface area contributed by atoms with Crippen molar-refractivity contribution in [2.75, 3.05) is 48.3 Å². The molecule has 2 aliphatic heterocycles. The molecule has 3 aliphatic rings. The molecule has 4 N–H and O–H groups in total. The van der Waals surface area contributed by atoms with Crippen molar-refractivity contribution < 1.29 is 9.84 Å². The van der Waals surface area contributed by atoms with Gasteiger partial charge in [-0.1, -0.05) is 35.9 Å². The molecule has 6 rings (SSSR count). The first kappa shape index (κ1) is 25.0. The Labute approximate surface area is 228 Å². The fraction of sp³-hybridized carbons (Fsp3) is 0.464. The highest BCUT2D eigenvalue weighted by atomic mass is 35.5. The minimum Gasteiger partial charge on any atom is -0.508 e. The van der Waals surface area contributed by atoms with E-state index in [0.29, 0.717) is 35.3 Å². The molecule has 0 amide bonds. The van der Waals surface area contributed by atoms with Crippen LogP contribution in [0.2, 0.25) is 5.02 Å². The third kappa shape index (κ3) is 5.44. The van der Waals surface area contributed by atoms with E-state index in [2.05, 4.69) is 33.8 Å². The second-order valence-corrected chi connectivity index (χ2v) is 11.2. The Morgan fingerprint density at radius 3 is 2.68 bits per heavy atom. The SMILES string of the molecule is C[C@@]12C[C@@H](Nc3nc(NCCc4ccc(O)cc4)nc(N4CCNCC4)n3)C[C@@H](C1)c1cccc(Cl)c1O2. The maximum Gasteiger partial charge on any atom is 0.232 e. The van der Waals surface area contributed by atoms with Crippen LogP contribution in [0.1, 0.15) is 43.2 Å². The molecule has 0 spiro atoms. The minimum absolute atomic E-state index is 0.161. The number of nitrogens with zero attached hydrogens (tertiary/aromatic N) is 4. The molecule has 2 fully saturated rings. The highest BCUT2D eigenvalue weighted by molar-refractivity contribution is 6.32. The smallest absolute Gasteiger partial charge is 0.232 e. The summed E-state index contributed by atoms with van der Waals surface area (Å²) in [5, 5.41) is 20.6. The normalized spacial score (nSPS) is 24.3. The van der Waals surface area contributed by atoms with Gasteiger partial charge in [-0.25, -0.2) is 0 Å². The van der Waals surface area contributed by atoms with Gasteiger partial charge in [0.15, 0.2) is 0 Å². The van der Waals surface area contributed by atoms with Crippen LogP contribution in [-0.2, 0) is 6.42 Å². The van der Waals surface area contributed by atoms with E-state index in [4.69, 9.17) is 31.3 Å². The minimum atomic E-state index is -0.293. The number of hydrogen-bond acceptors (Lipinski definition) is 9. The number of aromatic nitrogens is 3. The number of piperazine rings is 1. The molecule has 1 saturated carbocycles. The number of halogens is 1. The van der Waals surface area contributed by atoms with Crippen LogP contribution in [0.5, 0.6) is 11.5 Å². The fourth-order valence-electron chi connectivity index (χ4n) is 5.95. The molecule has 1 aliphatic carbocycles. The number of nitrogens with one attached hydrogen (secondary N) is 3. The molecule has 200 valence electrons. The van der Waals surface area contributed by atoms with Gasteiger partial charge in [-0.15, -0.1) is 0 Å². The number of benzene rings is 2. The standard InChI is InChI=1S/C28H34ClN7O2/c1-28-16-19(22-3-2-4-23(29)24(22)38-28)15-20(17-28)32-26-33-25(31-10-9-18-5-7-21(37)8-6-18)34-27(35-26)36-13-11-30-12-14-36/h2-8,19-20,30,37H,9-17H2,1H3,(H2,31,32,33,34,35)/t19-,20-,28-/m0/s1. The molecular weight excluding hydrogens is 502 g/mol. The average Bonchev–Trinajstić information content (AvgIpc) is 2.90. The molecule has 10 heteroatoms. The predicted molar refractivity (Wildman–Crippen MR) is 150 cm³/mol. The lowest BCUT2D eigenvalue weighted by molar-refractivity contribution is 0.0166. The molecule has 3 aromatic rings. The van der Waals surface area contributed by atoms with E-state index in [1.165, 1.54) is 5.56 Å². The van der Waals surface area contributed by atoms with Crippen molar-refractivity contribution in [3.8, 4) is 11.5 Å². The molecule has 0 unspecified atom stereocenters. The van der Waals surface area contributed by atoms with Gasteiger partial charge in [0.1, 0.15) is 17.1 Å². The van der Waals surface area contributed by atoms with E-state index in [9.17, 15) is 5.11 Å². The lowest BCUT2D eigenvalue weighted by Crippen LogP contribution is -2.48. The average molecular weight is 536 g/mol. The van der Waals surface area contributed by atoms with Crippen LogP contribution in [0.15, 0.2) is 42.5 Å². The summed E-state index contributed by atoms with van der Waals surface area (Å²) in [6, 6.07) is 13.5. The molecule has 3 atom stereocenters. The summed E-state index contributed by atoms with van der Waals surface area (Å²) in [4.78, 5) is 16.5. The monoisotopic (exact) mass is 535 g/mol. The first-order chi connectivity index (χ1) is 18.4. The van der Waals surface area contributed by atoms with E-state index in [1.54, 1.807) is 12.1 Å². The van der Waals surface area contributed by atoms with Crippen LogP contribution in [-0.4, -0.2) is 64.4 Å². The molecule has 38 heavy (non-hydrogen) atoms. The number of phenolic OH excluding ortho intramolecular Hbond substituents is 1. The zero-order valence-corrected chi connectivity index (χ0v) is 22.3. The van der Waals surface area contributed by atoms with Crippen molar-refractivity contribution in [3.05, 3.63) is 58.6 Å². The summed E-state index contributed by atoms with van der Waals surface area (Å²) >= 11 is 6.48. The number of rotatable bonds is 7. The van der Waals surface area contributed by atoms with Crippen LogP contribution >= 0.6 is 11.6 Å². The molecule has 3 heterocycles.